The second kappa shape index (κ2) is 6.92. The zero-order chi connectivity index (χ0) is 15.3. The van der Waals surface area contributed by atoms with E-state index in [1.54, 1.807) is 0 Å². The molecule has 0 spiro atoms. The second-order valence-corrected chi connectivity index (χ2v) is 3.93. The number of anilines is 1. The number of hydrogen-bond acceptors (Lipinski definition) is 6. The van der Waals surface area contributed by atoms with Gasteiger partial charge in [-0.3, -0.25) is 4.79 Å². The number of ether oxygens (including phenoxy) is 2. The van der Waals surface area contributed by atoms with E-state index in [0.717, 1.165) is 0 Å². The molecule has 0 aliphatic carbocycles. The monoisotopic (exact) mass is 288 g/mol. The molecule has 0 aromatic heterocycles. The summed E-state index contributed by atoms with van der Waals surface area (Å²) in [6.45, 7) is -0.670. The normalized spacial score (nSPS) is 11.8. The van der Waals surface area contributed by atoms with Crippen LogP contribution in [-0.4, -0.2) is 49.6 Å². The van der Waals surface area contributed by atoms with Gasteiger partial charge in [-0.05, 0) is 6.07 Å². The molecule has 1 aromatic carbocycles. The van der Waals surface area contributed by atoms with Crippen molar-refractivity contribution in [2.24, 2.45) is 5.73 Å². The summed E-state index contributed by atoms with van der Waals surface area (Å²) in [5.74, 6) is -1.91. The Balaban J connectivity index is 3.28. The van der Waals surface area contributed by atoms with Crippen molar-refractivity contribution >= 4 is 11.6 Å². The van der Waals surface area contributed by atoms with Crippen LogP contribution in [-0.2, 0) is 0 Å². The van der Waals surface area contributed by atoms with Crippen LogP contribution in [0.2, 0.25) is 0 Å². The first-order valence-corrected chi connectivity index (χ1v) is 5.73. The van der Waals surface area contributed by atoms with E-state index in [0.29, 0.717) is 0 Å². The number of carbonyl (C=O) groups is 1. The Labute approximate surface area is 115 Å². The molecule has 0 aliphatic heterocycles. The zero-order valence-corrected chi connectivity index (χ0v) is 11.1. The average molecular weight is 288 g/mol. The molecule has 7 nitrogen and oxygen atoms in total. The molecule has 1 amide bonds. The molecule has 5 N–H and O–H groups in total. The predicted molar refractivity (Wildman–Crippen MR) is 69.6 cm³/mol. The first-order valence-electron chi connectivity index (χ1n) is 5.73. The van der Waals surface area contributed by atoms with Gasteiger partial charge in [0, 0.05) is 6.54 Å². The summed E-state index contributed by atoms with van der Waals surface area (Å²) in [4.78, 5) is 11.4. The van der Waals surface area contributed by atoms with Gasteiger partial charge in [0.2, 0.25) is 0 Å². The van der Waals surface area contributed by atoms with Crippen LogP contribution in [0, 0.1) is 5.82 Å². The number of aliphatic hydroxyl groups is 2. The molecule has 112 valence electrons. The van der Waals surface area contributed by atoms with Gasteiger partial charge >= 0.3 is 0 Å². The fourth-order valence-electron chi connectivity index (χ4n) is 1.60. The highest BCUT2D eigenvalue weighted by molar-refractivity contribution is 5.99. The van der Waals surface area contributed by atoms with Crippen LogP contribution in [0.25, 0.3) is 0 Å². The Morgan fingerprint density at radius 3 is 2.60 bits per heavy atom. The molecule has 0 radical (unpaired) electrons. The Morgan fingerprint density at radius 2 is 2.15 bits per heavy atom. The van der Waals surface area contributed by atoms with Crippen molar-refractivity contribution < 1.29 is 28.9 Å². The summed E-state index contributed by atoms with van der Waals surface area (Å²) < 4.78 is 24.1. The maximum Gasteiger partial charge on any atom is 0.251 e. The lowest BCUT2D eigenvalue weighted by Crippen LogP contribution is -2.25. The van der Waals surface area contributed by atoms with E-state index in [1.807, 2.05) is 0 Å². The Kier molecular flexibility index (Phi) is 5.53. The molecule has 1 atom stereocenters. The highest BCUT2D eigenvalue weighted by atomic mass is 19.1. The highest BCUT2D eigenvalue weighted by Crippen LogP contribution is 2.37. The maximum atomic E-state index is 14.3. The molecule has 8 heteroatoms. The molecule has 0 aliphatic rings. The number of hydrogen-bond donors (Lipinski definition) is 4. The van der Waals surface area contributed by atoms with Crippen molar-refractivity contribution in [2.75, 3.05) is 32.7 Å². The molecule has 0 fully saturated rings. The largest absolute Gasteiger partial charge is 0.493 e. The molecular formula is C12H17FN2O5. The predicted octanol–water partition coefficient (Wildman–Crippen LogP) is -0.293. The molecule has 1 unspecified atom stereocenters. The fourth-order valence-corrected chi connectivity index (χ4v) is 1.60. The molecule has 0 saturated heterocycles. The molecule has 1 rings (SSSR count). The number of amides is 1. The number of methoxy groups -OCH3 is 2. The number of rotatable bonds is 7. The number of nitrogens with two attached hydrogens (primary N) is 1. The van der Waals surface area contributed by atoms with Gasteiger partial charge in [-0.1, -0.05) is 0 Å². The van der Waals surface area contributed by atoms with Gasteiger partial charge in [0.05, 0.1) is 38.2 Å². The number of aliphatic hydroxyl groups excluding tert-OH is 2. The van der Waals surface area contributed by atoms with Crippen LogP contribution in [0.5, 0.6) is 11.5 Å². The lowest BCUT2D eigenvalue weighted by Gasteiger charge is -2.17. The fraction of sp³-hybridized carbons (Fsp3) is 0.417. The van der Waals surface area contributed by atoms with Gasteiger partial charge in [-0.15, -0.1) is 0 Å². The first-order chi connectivity index (χ1) is 9.46. The van der Waals surface area contributed by atoms with Crippen molar-refractivity contribution in [3.63, 3.8) is 0 Å². The average Bonchev–Trinajstić information content (AvgIpc) is 2.44. The molecular weight excluding hydrogens is 271 g/mol. The number of benzene rings is 1. The summed E-state index contributed by atoms with van der Waals surface area (Å²) in [6.07, 6.45) is -1.11. The smallest absolute Gasteiger partial charge is 0.251 e. The van der Waals surface area contributed by atoms with E-state index >= 15 is 0 Å². The van der Waals surface area contributed by atoms with E-state index in [2.05, 4.69) is 5.32 Å². The number of carbonyl (C=O) groups excluding carboxylic acids is 1. The third-order valence-electron chi connectivity index (χ3n) is 2.60. The summed E-state index contributed by atoms with van der Waals surface area (Å²) in [6, 6.07) is 1.23. The van der Waals surface area contributed by atoms with Gasteiger partial charge < -0.3 is 30.7 Å². The van der Waals surface area contributed by atoms with E-state index in [-0.39, 0.29) is 29.3 Å². The van der Waals surface area contributed by atoms with Crippen molar-refractivity contribution in [3.05, 3.63) is 17.4 Å². The molecule has 1 aromatic rings. The van der Waals surface area contributed by atoms with Crippen molar-refractivity contribution in [1.29, 1.82) is 0 Å². The first kappa shape index (κ1) is 16.0. The van der Waals surface area contributed by atoms with Crippen molar-refractivity contribution in [2.45, 2.75) is 6.10 Å². The quantitative estimate of drug-likeness (QED) is 0.548. The van der Waals surface area contributed by atoms with Gasteiger partial charge in [-0.25, -0.2) is 4.39 Å². The summed E-state index contributed by atoms with van der Waals surface area (Å²) in [7, 11) is 2.54. The Morgan fingerprint density at radius 1 is 1.50 bits per heavy atom. The lowest BCUT2D eigenvalue weighted by atomic mass is 10.1. The molecule has 0 bridgehead atoms. The minimum Gasteiger partial charge on any atom is -0.493 e. The third-order valence-corrected chi connectivity index (χ3v) is 2.60. The maximum absolute atomic E-state index is 14.3. The summed E-state index contributed by atoms with van der Waals surface area (Å²) >= 11 is 0. The Bertz CT molecular complexity index is 495. The summed E-state index contributed by atoms with van der Waals surface area (Å²) in [5, 5.41) is 20.5. The van der Waals surface area contributed by atoms with Gasteiger partial charge in [0.25, 0.3) is 5.91 Å². The van der Waals surface area contributed by atoms with Crippen molar-refractivity contribution in [1.82, 2.24) is 0 Å². The SMILES string of the molecule is COc1cc(C(N)=O)c(NCC(O)CO)c(F)c1OC. The lowest BCUT2D eigenvalue weighted by molar-refractivity contribution is 0.0997. The van der Waals surface area contributed by atoms with Crippen LogP contribution in [0.15, 0.2) is 6.07 Å². The summed E-state index contributed by atoms with van der Waals surface area (Å²) in [5.41, 5.74) is 4.82. The molecule has 0 heterocycles. The zero-order valence-electron chi connectivity index (χ0n) is 11.1. The standard InChI is InChI=1S/C12H17FN2O5/c1-19-8-3-7(12(14)18)10(9(13)11(8)20-2)15-4-6(17)5-16/h3,6,15-17H,4-5H2,1-2H3,(H2,14,18). The Hall–Kier alpha value is -2.06. The van der Waals surface area contributed by atoms with Gasteiger partial charge in [0.15, 0.2) is 17.3 Å². The van der Waals surface area contributed by atoms with Gasteiger partial charge in [0.1, 0.15) is 0 Å². The van der Waals surface area contributed by atoms with Crippen LogP contribution >= 0.6 is 0 Å². The van der Waals surface area contributed by atoms with Gasteiger partial charge in [-0.2, -0.15) is 0 Å². The number of nitrogens with one attached hydrogen (secondary N) is 1. The molecule has 20 heavy (non-hydrogen) atoms. The third kappa shape index (κ3) is 3.28. The van der Waals surface area contributed by atoms with Crippen LogP contribution < -0.4 is 20.5 Å². The molecule has 0 saturated carbocycles. The van der Waals surface area contributed by atoms with Crippen molar-refractivity contribution in [3.8, 4) is 11.5 Å². The van der Waals surface area contributed by atoms with Crippen LogP contribution in [0.4, 0.5) is 10.1 Å². The van der Waals surface area contributed by atoms with E-state index in [9.17, 15) is 14.3 Å². The minimum atomic E-state index is -1.11. The number of primary amides is 1. The topological polar surface area (TPSA) is 114 Å². The highest BCUT2D eigenvalue weighted by Gasteiger charge is 2.22. The van der Waals surface area contributed by atoms with E-state index in [4.69, 9.17) is 20.3 Å². The minimum absolute atomic E-state index is 0.0204. The van der Waals surface area contributed by atoms with E-state index in [1.165, 1.54) is 20.3 Å². The second-order valence-electron chi connectivity index (χ2n) is 3.93. The van der Waals surface area contributed by atoms with Crippen LogP contribution in [0.3, 0.4) is 0 Å². The van der Waals surface area contributed by atoms with E-state index < -0.39 is 24.4 Å². The van der Waals surface area contributed by atoms with Crippen LogP contribution in [0.1, 0.15) is 10.4 Å². The number of halogens is 1.